The smallest absolute Gasteiger partial charge is 0.0122 e. The second kappa shape index (κ2) is 6.88. The van der Waals surface area contributed by atoms with E-state index in [4.69, 9.17) is 0 Å². The standard InChI is InChI=1S/C15H31N3/c1-4-14-6-11-18(9-5-8-16-14)15-7-10-17(3)13(2)12-15/h13-16H,4-12H2,1-3H3. The Morgan fingerprint density at radius 3 is 2.72 bits per heavy atom. The number of likely N-dealkylation sites (tertiary alicyclic amines) is 1. The summed E-state index contributed by atoms with van der Waals surface area (Å²) in [5.74, 6) is 0. The van der Waals surface area contributed by atoms with Crippen LogP contribution in [0.3, 0.4) is 0 Å². The molecule has 0 bridgehead atoms. The van der Waals surface area contributed by atoms with Gasteiger partial charge in [0.15, 0.2) is 0 Å². The minimum atomic E-state index is 0.747. The SMILES string of the molecule is CCC1CCN(C2CCN(C)C(C)C2)CCCN1. The van der Waals surface area contributed by atoms with Gasteiger partial charge < -0.3 is 15.1 Å². The molecule has 0 aliphatic carbocycles. The lowest BCUT2D eigenvalue weighted by molar-refractivity contribution is 0.0796. The highest BCUT2D eigenvalue weighted by Crippen LogP contribution is 2.22. The lowest BCUT2D eigenvalue weighted by atomic mass is 9.96. The van der Waals surface area contributed by atoms with E-state index in [0.29, 0.717) is 0 Å². The van der Waals surface area contributed by atoms with E-state index in [9.17, 15) is 0 Å². The third kappa shape index (κ3) is 3.69. The number of hydrogen-bond acceptors (Lipinski definition) is 3. The summed E-state index contributed by atoms with van der Waals surface area (Å²) in [6.07, 6.45) is 6.65. The Hall–Kier alpha value is -0.120. The highest BCUT2D eigenvalue weighted by Gasteiger charge is 2.27. The molecule has 3 nitrogen and oxygen atoms in total. The summed E-state index contributed by atoms with van der Waals surface area (Å²) in [7, 11) is 2.27. The van der Waals surface area contributed by atoms with Crippen molar-refractivity contribution in [2.45, 2.75) is 64.1 Å². The second-order valence-corrected chi connectivity index (χ2v) is 6.25. The molecule has 2 rings (SSSR count). The van der Waals surface area contributed by atoms with Crippen molar-refractivity contribution in [3.63, 3.8) is 0 Å². The van der Waals surface area contributed by atoms with Gasteiger partial charge in [-0.15, -0.1) is 0 Å². The van der Waals surface area contributed by atoms with Crippen molar-refractivity contribution in [3.8, 4) is 0 Å². The summed E-state index contributed by atoms with van der Waals surface area (Å²) in [6, 6.07) is 2.34. The third-order valence-corrected chi connectivity index (χ3v) is 5.01. The highest BCUT2D eigenvalue weighted by molar-refractivity contribution is 4.85. The van der Waals surface area contributed by atoms with Gasteiger partial charge in [-0.1, -0.05) is 6.92 Å². The summed E-state index contributed by atoms with van der Waals surface area (Å²) in [5.41, 5.74) is 0. The highest BCUT2D eigenvalue weighted by atomic mass is 15.2. The number of hydrogen-bond donors (Lipinski definition) is 1. The summed E-state index contributed by atoms with van der Waals surface area (Å²) >= 11 is 0. The van der Waals surface area contributed by atoms with Crippen molar-refractivity contribution in [3.05, 3.63) is 0 Å². The lowest BCUT2D eigenvalue weighted by Crippen LogP contribution is -2.50. The maximum Gasteiger partial charge on any atom is 0.0122 e. The van der Waals surface area contributed by atoms with Crippen LogP contribution in [0.4, 0.5) is 0 Å². The first-order valence-corrected chi connectivity index (χ1v) is 7.88. The van der Waals surface area contributed by atoms with E-state index in [1.54, 1.807) is 0 Å². The monoisotopic (exact) mass is 253 g/mol. The van der Waals surface area contributed by atoms with Gasteiger partial charge in [-0.05, 0) is 72.3 Å². The number of rotatable bonds is 2. The Balaban J connectivity index is 1.86. The van der Waals surface area contributed by atoms with E-state index in [1.165, 1.54) is 58.3 Å². The molecule has 3 atom stereocenters. The molecule has 2 saturated heterocycles. The average molecular weight is 253 g/mol. The molecule has 106 valence electrons. The molecule has 3 unspecified atom stereocenters. The molecule has 1 N–H and O–H groups in total. The van der Waals surface area contributed by atoms with Gasteiger partial charge in [0.1, 0.15) is 0 Å². The first-order chi connectivity index (χ1) is 8.70. The van der Waals surface area contributed by atoms with E-state index < -0.39 is 0 Å². The molecular formula is C15H31N3. The molecule has 0 saturated carbocycles. The summed E-state index contributed by atoms with van der Waals surface area (Å²) in [4.78, 5) is 5.30. The van der Waals surface area contributed by atoms with Crippen LogP contribution in [0.2, 0.25) is 0 Å². The molecule has 2 heterocycles. The van der Waals surface area contributed by atoms with Crippen LogP contribution in [0.1, 0.15) is 46.0 Å². The molecule has 18 heavy (non-hydrogen) atoms. The zero-order valence-electron chi connectivity index (χ0n) is 12.5. The maximum atomic E-state index is 3.68. The Kier molecular flexibility index (Phi) is 5.46. The van der Waals surface area contributed by atoms with E-state index in [1.807, 2.05) is 0 Å². The van der Waals surface area contributed by atoms with E-state index in [2.05, 4.69) is 36.0 Å². The number of nitrogens with one attached hydrogen (secondary N) is 1. The Morgan fingerprint density at radius 1 is 1.17 bits per heavy atom. The van der Waals surface area contributed by atoms with E-state index in [0.717, 1.165) is 18.1 Å². The van der Waals surface area contributed by atoms with Crippen LogP contribution in [0.15, 0.2) is 0 Å². The quantitative estimate of drug-likeness (QED) is 0.811. The molecule has 2 aliphatic rings. The van der Waals surface area contributed by atoms with Gasteiger partial charge >= 0.3 is 0 Å². The van der Waals surface area contributed by atoms with Crippen LogP contribution in [-0.2, 0) is 0 Å². The zero-order chi connectivity index (χ0) is 13.0. The van der Waals surface area contributed by atoms with E-state index in [-0.39, 0.29) is 0 Å². The van der Waals surface area contributed by atoms with Crippen molar-refractivity contribution < 1.29 is 0 Å². The fourth-order valence-corrected chi connectivity index (χ4v) is 3.43. The van der Waals surface area contributed by atoms with Gasteiger partial charge in [0.2, 0.25) is 0 Å². The fraction of sp³-hybridized carbons (Fsp3) is 1.00. The molecule has 0 amide bonds. The zero-order valence-corrected chi connectivity index (χ0v) is 12.5. The van der Waals surface area contributed by atoms with Crippen molar-refractivity contribution in [1.82, 2.24) is 15.1 Å². The molecule has 2 fully saturated rings. The molecule has 0 aromatic carbocycles. The molecule has 0 radical (unpaired) electrons. The molecular weight excluding hydrogens is 222 g/mol. The Bertz CT molecular complexity index is 244. The summed E-state index contributed by atoms with van der Waals surface area (Å²) < 4.78 is 0. The van der Waals surface area contributed by atoms with Crippen LogP contribution in [-0.4, -0.2) is 61.2 Å². The first-order valence-electron chi connectivity index (χ1n) is 7.88. The van der Waals surface area contributed by atoms with Gasteiger partial charge in [0.05, 0.1) is 0 Å². The minimum absolute atomic E-state index is 0.747. The van der Waals surface area contributed by atoms with Crippen LogP contribution >= 0.6 is 0 Å². The summed E-state index contributed by atoms with van der Waals surface area (Å²) in [5, 5.41) is 3.68. The second-order valence-electron chi connectivity index (χ2n) is 6.25. The Labute approximate surface area is 113 Å². The minimum Gasteiger partial charge on any atom is -0.314 e. The fourth-order valence-electron chi connectivity index (χ4n) is 3.43. The van der Waals surface area contributed by atoms with Crippen LogP contribution in [0.5, 0.6) is 0 Å². The predicted molar refractivity (Wildman–Crippen MR) is 78.0 cm³/mol. The predicted octanol–water partition coefficient (Wildman–Crippen LogP) is 1.93. The van der Waals surface area contributed by atoms with Gasteiger partial charge in [0.25, 0.3) is 0 Å². The van der Waals surface area contributed by atoms with Gasteiger partial charge in [0, 0.05) is 18.1 Å². The number of piperidine rings is 1. The topological polar surface area (TPSA) is 18.5 Å². The third-order valence-electron chi connectivity index (χ3n) is 5.01. The van der Waals surface area contributed by atoms with Gasteiger partial charge in [-0.2, -0.15) is 0 Å². The lowest BCUT2D eigenvalue weighted by Gasteiger charge is -2.42. The molecule has 0 aromatic heterocycles. The van der Waals surface area contributed by atoms with Crippen molar-refractivity contribution in [2.75, 3.05) is 33.2 Å². The Morgan fingerprint density at radius 2 is 2.00 bits per heavy atom. The molecule has 3 heteroatoms. The van der Waals surface area contributed by atoms with Gasteiger partial charge in [-0.25, -0.2) is 0 Å². The maximum absolute atomic E-state index is 3.68. The molecule has 0 aromatic rings. The van der Waals surface area contributed by atoms with Crippen LogP contribution in [0.25, 0.3) is 0 Å². The van der Waals surface area contributed by atoms with Crippen LogP contribution < -0.4 is 5.32 Å². The molecule has 0 spiro atoms. The van der Waals surface area contributed by atoms with Crippen molar-refractivity contribution >= 4 is 0 Å². The number of nitrogens with zero attached hydrogens (tertiary/aromatic N) is 2. The van der Waals surface area contributed by atoms with Gasteiger partial charge in [-0.3, -0.25) is 0 Å². The summed E-state index contributed by atoms with van der Waals surface area (Å²) in [6.45, 7) is 9.76. The van der Waals surface area contributed by atoms with Crippen molar-refractivity contribution in [1.29, 1.82) is 0 Å². The van der Waals surface area contributed by atoms with Crippen LogP contribution in [0, 0.1) is 0 Å². The first kappa shape index (κ1) is 14.3. The van der Waals surface area contributed by atoms with E-state index >= 15 is 0 Å². The normalized spacial score (nSPS) is 37.2. The largest absolute Gasteiger partial charge is 0.314 e. The molecule has 2 aliphatic heterocycles. The van der Waals surface area contributed by atoms with Crippen molar-refractivity contribution in [2.24, 2.45) is 0 Å². The average Bonchev–Trinajstić information content (AvgIpc) is 2.33.